The van der Waals surface area contributed by atoms with Gasteiger partial charge in [-0.05, 0) is 19.3 Å². The van der Waals surface area contributed by atoms with Crippen LogP contribution < -0.4 is 5.73 Å². The van der Waals surface area contributed by atoms with E-state index in [4.69, 9.17) is 5.73 Å². The molecule has 0 amide bonds. The van der Waals surface area contributed by atoms with E-state index in [1.807, 2.05) is 6.20 Å². The molecule has 0 bridgehead atoms. The Bertz CT molecular complexity index is 273. The lowest BCUT2D eigenvalue weighted by Gasteiger charge is -2.07. The maximum atomic E-state index is 5.69. The lowest BCUT2D eigenvalue weighted by molar-refractivity contribution is 0.657. The van der Waals surface area contributed by atoms with Crippen molar-refractivity contribution in [2.24, 2.45) is 5.73 Å². The van der Waals surface area contributed by atoms with Gasteiger partial charge < -0.3 is 10.7 Å². The van der Waals surface area contributed by atoms with Gasteiger partial charge in [-0.15, -0.1) is 0 Å². The van der Waals surface area contributed by atoms with Gasteiger partial charge in [-0.3, -0.25) is 0 Å². The van der Waals surface area contributed by atoms with Crippen molar-refractivity contribution in [3.63, 3.8) is 0 Å². The normalized spacial score (nSPS) is 19.5. The average molecular weight is 165 g/mol. The number of aromatic nitrogens is 2. The summed E-state index contributed by atoms with van der Waals surface area (Å²) in [5.41, 5.74) is 7.12. The van der Waals surface area contributed by atoms with Crippen LogP contribution in [0.3, 0.4) is 0 Å². The number of aromatic amines is 1. The van der Waals surface area contributed by atoms with Crippen LogP contribution in [-0.2, 0) is 11.8 Å². The fourth-order valence-corrected chi connectivity index (χ4v) is 1.50. The summed E-state index contributed by atoms with van der Waals surface area (Å²) < 4.78 is 0. The minimum atomic E-state index is 0.216. The van der Waals surface area contributed by atoms with E-state index in [9.17, 15) is 0 Å². The molecule has 1 saturated carbocycles. The lowest BCUT2D eigenvalue weighted by atomic mass is 10.1. The van der Waals surface area contributed by atoms with Crippen molar-refractivity contribution in [1.82, 2.24) is 9.97 Å². The van der Waals surface area contributed by atoms with Crippen LogP contribution in [0.15, 0.2) is 6.20 Å². The Kier molecular flexibility index (Phi) is 1.68. The van der Waals surface area contributed by atoms with Crippen molar-refractivity contribution >= 4 is 0 Å². The molecule has 2 rings (SSSR count). The molecule has 1 aromatic rings. The molecular weight excluding hydrogens is 150 g/mol. The van der Waals surface area contributed by atoms with Crippen molar-refractivity contribution in [3.05, 3.63) is 17.7 Å². The van der Waals surface area contributed by atoms with E-state index < -0.39 is 0 Å². The highest BCUT2D eigenvalue weighted by Gasteiger charge is 2.45. The fourth-order valence-electron chi connectivity index (χ4n) is 1.50. The van der Waals surface area contributed by atoms with Gasteiger partial charge in [0.1, 0.15) is 5.82 Å². The number of H-pyrrole nitrogens is 1. The predicted octanol–water partition coefficient (Wildman–Crippen LogP) is 0.962. The molecule has 0 spiro atoms. The van der Waals surface area contributed by atoms with Crippen molar-refractivity contribution in [2.45, 2.75) is 31.6 Å². The molecule has 3 N–H and O–H groups in total. The molecule has 0 unspecified atom stereocenters. The van der Waals surface area contributed by atoms with Gasteiger partial charge in [0, 0.05) is 23.9 Å². The third-order valence-corrected chi connectivity index (χ3v) is 2.76. The van der Waals surface area contributed by atoms with E-state index in [1.54, 1.807) is 0 Å². The number of rotatable bonds is 3. The van der Waals surface area contributed by atoms with Gasteiger partial charge in [0.15, 0.2) is 0 Å². The maximum Gasteiger partial charge on any atom is 0.113 e. The van der Waals surface area contributed by atoms with Crippen LogP contribution in [0, 0.1) is 0 Å². The number of nitrogens with one attached hydrogen (secondary N) is 1. The van der Waals surface area contributed by atoms with Crippen molar-refractivity contribution in [2.75, 3.05) is 6.54 Å². The summed E-state index contributed by atoms with van der Waals surface area (Å²) in [6, 6.07) is 0. The van der Waals surface area contributed by atoms with Gasteiger partial charge in [-0.25, -0.2) is 4.98 Å². The topological polar surface area (TPSA) is 54.7 Å². The van der Waals surface area contributed by atoms with Gasteiger partial charge in [0.2, 0.25) is 0 Å². The van der Waals surface area contributed by atoms with Gasteiger partial charge >= 0.3 is 0 Å². The first-order valence-corrected chi connectivity index (χ1v) is 4.55. The first-order valence-electron chi connectivity index (χ1n) is 4.55. The number of aryl methyl sites for hydroxylation is 1. The van der Waals surface area contributed by atoms with Gasteiger partial charge in [-0.1, -0.05) is 6.92 Å². The van der Waals surface area contributed by atoms with Crippen LogP contribution in [-0.4, -0.2) is 16.5 Å². The number of hydrogen-bond donors (Lipinski definition) is 2. The lowest BCUT2D eigenvalue weighted by Crippen LogP contribution is -2.21. The highest BCUT2D eigenvalue weighted by atomic mass is 15.0. The quantitative estimate of drug-likeness (QED) is 0.701. The van der Waals surface area contributed by atoms with E-state index >= 15 is 0 Å². The first-order chi connectivity index (χ1) is 5.80. The molecule has 3 heteroatoms. The van der Waals surface area contributed by atoms with Gasteiger partial charge in [-0.2, -0.15) is 0 Å². The Morgan fingerprint density at radius 3 is 2.83 bits per heavy atom. The molecule has 1 heterocycles. The van der Waals surface area contributed by atoms with Crippen molar-refractivity contribution in [3.8, 4) is 0 Å². The van der Waals surface area contributed by atoms with Crippen molar-refractivity contribution < 1.29 is 0 Å². The SMILES string of the molecule is CCc1cnc(C2(CN)CC2)[nH]1. The second-order valence-corrected chi connectivity index (χ2v) is 3.60. The summed E-state index contributed by atoms with van der Waals surface area (Å²) in [5, 5.41) is 0. The first kappa shape index (κ1) is 7.80. The second-order valence-electron chi connectivity index (χ2n) is 3.60. The van der Waals surface area contributed by atoms with Gasteiger partial charge in [0.05, 0.1) is 0 Å². The molecule has 0 atom stereocenters. The smallest absolute Gasteiger partial charge is 0.113 e. The zero-order valence-electron chi connectivity index (χ0n) is 7.43. The van der Waals surface area contributed by atoms with Gasteiger partial charge in [0.25, 0.3) is 0 Å². The molecule has 1 fully saturated rings. The van der Waals surface area contributed by atoms with E-state index in [0.717, 1.165) is 18.8 Å². The molecule has 0 aromatic carbocycles. The molecule has 0 aliphatic heterocycles. The Labute approximate surface area is 72.4 Å². The zero-order chi connectivity index (χ0) is 8.60. The summed E-state index contributed by atoms with van der Waals surface area (Å²) >= 11 is 0. The van der Waals surface area contributed by atoms with Crippen LogP contribution in [0.5, 0.6) is 0 Å². The third kappa shape index (κ3) is 1.05. The summed E-state index contributed by atoms with van der Waals surface area (Å²) in [5.74, 6) is 1.10. The molecular formula is C9H15N3. The molecule has 1 aliphatic rings. The predicted molar refractivity (Wildman–Crippen MR) is 47.9 cm³/mol. The molecule has 12 heavy (non-hydrogen) atoms. The Morgan fingerprint density at radius 1 is 1.67 bits per heavy atom. The summed E-state index contributed by atoms with van der Waals surface area (Å²) in [6.07, 6.45) is 5.33. The van der Waals surface area contributed by atoms with Crippen LogP contribution in [0.2, 0.25) is 0 Å². The summed E-state index contributed by atoms with van der Waals surface area (Å²) in [4.78, 5) is 7.68. The van der Waals surface area contributed by atoms with Crippen LogP contribution in [0.25, 0.3) is 0 Å². The zero-order valence-corrected chi connectivity index (χ0v) is 7.43. The molecule has 0 radical (unpaired) electrons. The van der Waals surface area contributed by atoms with E-state index in [2.05, 4.69) is 16.9 Å². The average Bonchev–Trinajstić information content (AvgIpc) is 2.77. The summed E-state index contributed by atoms with van der Waals surface area (Å²) in [7, 11) is 0. The molecule has 3 nitrogen and oxygen atoms in total. The maximum absolute atomic E-state index is 5.69. The highest BCUT2D eigenvalue weighted by molar-refractivity contribution is 5.20. The van der Waals surface area contributed by atoms with Crippen LogP contribution in [0.1, 0.15) is 31.3 Å². The molecule has 1 aromatic heterocycles. The molecule has 1 aliphatic carbocycles. The summed E-state index contributed by atoms with van der Waals surface area (Å²) in [6.45, 7) is 2.85. The largest absolute Gasteiger partial charge is 0.345 e. The monoisotopic (exact) mass is 165 g/mol. The Morgan fingerprint density at radius 2 is 2.42 bits per heavy atom. The minimum absolute atomic E-state index is 0.216. The minimum Gasteiger partial charge on any atom is -0.345 e. The Balaban J connectivity index is 2.23. The number of imidazole rings is 1. The van der Waals surface area contributed by atoms with E-state index in [1.165, 1.54) is 18.5 Å². The second kappa shape index (κ2) is 2.59. The number of nitrogens with two attached hydrogens (primary N) is 1. The van der Waals surface area contributed by atoms with Crippen molar-refractivity contribution in [1.29, 1.82) is 0 Å². The van der Waals surface area contributed by atoms with Crippen LogP contribution >= 0.6 is 0 Å². The standard InChI is InChI=1S/C9H15N3/c1-2-7-5-11-8(12-7)9(6-10)3-4-9/h5H,2-4,6,10H2,1H3,(H,11,12). The Hall–Kier alpha value is -0.830. The number of nitrogens with zero attached hydrogens (tertiary/aromatic N) is 1. The van der Waals surface area contributed by atoms with Crippen LogP contribution in [0.4, 0.5) is 0 Å². The van der Waals surface area contributed by atoms with E-state index in [0.29, 0.717) is 0 Å². The number of hydrogen-bond acceptors (Lipinski definition) is 2. The molecule has 0 saturated heterocycles. The fraction of sp³-hybridized carbons (Fsp3) is 0.667. The third-order valence-electron chi connectivity index (χ3n) is 2.76. The highest BCUT2D eigenvalue weighted by Crippen LogP contribution is 2.45. The molecule has 66 valence electrons. The van der Waals surface area contributed by atoms with E-state index in [-0.39, 0.29) is 5.41 Å².